The highest BCUT2D eigenvalue weighted by atomic mass is 32.1. The largest absolute Gasteiger partial charge is 0.493 e. The molecule has 0 spiro atoms. The Labute approximate surface area is 187 Å². The second-order valence-corrected chi connectivity index (χ2v) is 7.05. The number of benzene rings is 2. The van der Waals surface area contributed by atoms with Gasteiger partial charge < -0.3 is 18.9 Å². The molecule has 1 aromatic heterocycles. The van der Waals surface area contributed by atoms with Crippen LogP contribution in [0.4, 0.5) is 13.9 Å². The molecule has 0 radical (unpaired) electrons. The van der Waals surface area contributed by atoms with Crippen molar-refractivity contribution in [3.63, 3.8) is 0 Å². The van der Waals surface area contributed by atoms with E-state index in [-0.39, 0.29) is 17.1 Å². The first-order valence-electron chi connectivity index (χ1n) is 9.24. The third-order valence-electron chi connectivity index (χ3n) is 4.26. The molecule has 0 aliphatic heterocycles. The van der Waals surface area contributed by atoms with Crippen LogP contribution in [0.2, 0.25) is 0 Å². The van der Waals surface area contributed by atoms with Crippen molar-refractivity contribution in [3.8, 4) is 34.3 Å². The Kier molecular flexibility index (Phi) is 7.61. The number of alkyl halides is 2. The number of hydrogen-bond acceptors (Lipinski definition) is 7. The molecule has 0 aliphatic rings. The van der Waals surface area contributed by atoms with Crippen molar-refractivity contribution in [1.29, 1.82) is 0 Å². The van der Waals surface area contributed by atoms with Crippen molar-refractivity contribution in [2.45, 2.75) is 6.61 Å². The van der Waals surface area contributed by atoms with Gasteiger partial charge in [0.05, 0.1) is 27.0 Å². The van der Waals surface area contributed by atoms with Crippen LogP contribution in [0.15, 0.2) is 47.9 Å². The minimum Gasteiger partial charge on any atom is -0.493 e. The van der Waals surface area contributed by atoms with E-state index in [9.17, 15) is 13.6 Å². The maximum atomic E-state index is 12.7. The Morgan fingerprint density at radius 2 is 1.81 bits per heavy atom. The molecule has 32 heavy (non-hydrogen) atoms. The van der Waals surface area contributed by atoms with E-state index in [2.05, 4.69) is 15.0 Å². The summed E-state index contributed by atoms with van der Waals surface area (Å²) in [6, 6.07) is 10.00. The molecule has 168 valence electrons. The first-order chi connectivity index (χ1) is 15.4. The topological polar surface area (TPSA) is 78.9 Å². The summed E-state index contributed by atoms with van der Waals surface area (Å²) in [6.07, 6.45) is 2.56. The Balaban J connectivity index is 1.73. The maximum Gasteiger partial charge on any atom is 0.387 e. The molecule has 1 N–H and O–H groups in total. The lowest BCUT2D eigenvalue weighted by atomic mass is 10.1. The molecule has 1 heterocycles. The van der Waals surface area contributed by atoms with Crippen LogP contribution in [0.1, 0.15) is 5.56 Å². The van der Waals surface area contributed by atoms with Crippen molar-refractivity contribution in [1.82, 2.24) is 4.98 Å². The number of aromatic nitrogens is 1. The van der Waals surface area contributed by atoms with Crippen molar-refractivity contribution >= 4 is 28.5 Å². The van der Waals surface area contributed by atoms with Crippen molar-refractivity contribution in [2.24, 2.45) is 0 Å². The summed E-state index contributed by atoms with van der Waals surface area (Å²) in [7, 11) is 4.43. The maximum absolute atomic E-state index is 12.7. The number of nitrogens with one attached hydrogen (secondary N) is 1. The van der Waals surface area contributed by atoms with E-state index in [1.165, 1.54) is 42.7 Å². The minimum absolute atomic E-state index is 0.132. The number of methoxy groups -OCH3 is 3. The van der Waals surface area contributed by atoms with Gasteiger partial charge in [-0.25, -0.2) is 4.98 Å². The van der Waals surface area contributed by atoms with Crippen LogP contribution >= 0.6 is 11.3 Å². The zero-order chi connectivity index (χ0) is 23.1. The zero-order valence-corrected chi connectivity index (χ0v) is 18.2. The van der Waals surface area contributed by atoms with E-state index in [4.69, 9.17) is 14.2 Å². The molecule has 1 amide bonds. The molecular weight excluding hydrogens is 442 g/mol. The average Bonchev–Trinajstić information content (AvgIpc) is 3.25. The second kappa shape index (κ2) is 10.6. The molecule has 7 nitrogen and oxygen atoms in total. The van der Waals surface area contributed by atoms with Crippen LogP contribution in [-0.4, -0.2) is 38.8 Å². The second-order valence-electron chi connectivity index (χ2n) is 6.19. The molecule has 0 bridgehead atoms. The third kappa shape index (κ3) is 5.52. The number of ether oxygens (including phenoxy) is 4. The fraction of sp³-hybridized carbons (Fsp3) is 0.182. The van der Waals surface area contributed by atoms with Crippen LogP contribution in [0.3, 0.4) is 0 Å². The number of carbonyl (C=O) groups is 1. The fourth-order valence-electron chi connectivity index (χ4n) is 2.81. The lowest BCUT2D eigenvalue weighted by molar-refractivity contribution is -0.111. The molecule has 0 saturated carbocycles. The fourth-order valence-corrected chi connectivity index (χ4v) is 3.53. The Morgan fingerprint density at radius 3 is 2.50 bits per heavy atom. The smallest absolute Gasteiger partial charge is 0.387 e. The number of halogens is 2. The van der Waals surface area contributed by atoms with E-state index in [0.29, 0.717) is 22.3 Å². The van der Waals surface area contributed by atoms with Gasteiger partial charge in [0.1, 0.15) is 0 Å². The number of nitrogens with zero attached hydrogens (tertiary/aromatic N) is 1. The summed E-state index contributed by atoms with van der Waals surface area (Å²) < 4.78 is 45.6. The monoisotopic (exact) mass is 462 g/mol. The van der Waals surface area contributed by atoms with E-state index >= 15 is 0 Å². The van der Waals surface area contributed by atoms with E-state index in [1.807, 2.05) is 6.07 Å². The van der Waals surface area contributed by atoms with E-state index < -0.39 is 12.5 Å². The lowest BCUT2D eigenvalue weighted by Crippen LogP contribution is -2.08. The van der Waals surface area contributed by atoms with Gasteiger partial charge >= 0.3 is 6.61 Å². The number of amides is 1. The zero-order valence-electron chi connectivity index (χ0n) is 17.4. The van der Waals surface area contributed by atoms with Gasteiger partial charge in [0.25, 0.3) is 0 Å². The first kappa shape index (κ1) is 23.0. The molecule has 0 aliphatic carbocycles. The van der Waals surface area contributed by atoms with Gasteiger partial charge in [-0.1, -0.05) is 12.1 Å². The Hall–Kier alpha value is -3.66. The van der Waals surface area contributed by atoms with Gasteiger partial charge in [0.15, 0.2) is 28.1 Å². The lowest BCUT2D eigenvalue weighted by Gasteiger charge is -2.12. The Bertz CT molecular complexity index is 1120. The molecule has 0 atom stereocenters. The summed E-state index contributed by atoms with van der Waals surface area (Å²) in [5, 5.41) is 4.81. The Morgan fingerprint density at radius 1 is 1.06 bits per heavy atom. The van der Waals surface area contributed by atoms with Crippen LogP contribution < -0.4 is 24.3 Å². The summed E-state index contributed by atoms with van der Waals surface area (Å²) in [5.41, 5.74) is 1.71. The number of thiazole rings is 1. The first-order valence-corrected chi connectivity index (χ1v) is 10.1. The predicted molar refractivity (Wildman–Crippen MR) is 118 cm³/mol. The van der Waals surface area contributed by atoms with Gasteiger partial charge in [-0.2, -0.15) is 8.78 Å². The summed E-state index contributed by atoms with van der Waals surface area (Å²) in [4.78, 5) is 16.7. The molecular formula is C22H20F2N2O5S. The van der Waals surface area contributed by atoms with E-state index in [1.54, 1.807) is 37.8 Å². The third-order valence-corrected chi connectivity index (χ3v) is 5.02. The van der Waals surface area contributed by atoms with Gasteiger partial charge in [-0.15, -0.1) is 11.3 Å². The molecule has 3 rings (SSSR count). The highest BCUT2D eigenvalue weighted by Crippen LogP contribution is 2.34. The predicted octanol–water partition coefficient (Wildman–Crippen LogP) is 5.09. The highest BCUT2D eigenvalue weighted by Gasteiger charge is 2.14. The number of hydrogen-bond donors (Lipinski definition) is 1. The van der Waals surface area contributed by atoms with Crippen LogP contribution in [0.5, 0.6) is 23.0 Å². The SMILES string of the molecule is COc1ccc(-c2csc(NC(=O)/C=C/c3cccc(OC)c3OC(F)F)n2)cc1OC. The quantitative estimate of drug-likeness (QED) is 0.447. The molecule has 0 saturated heterocycles. The molecule has 2 aromatic carbocycles. The minimum atomic E-state index is -3.03. The van der Waals surface area contributed by atoms with Gasteiger partial charge in [-0.05, 0) is 30.3 Å². The molecule has 3 aromatic rings. The van der Waals surface area contributed by atoms with Gasteiger partial charge in [0, 0.05) is 22.6 Å². The van der Waals surface area contributed by atoms with E-state index in [0.717, 1.165) is 5.56 Å². The van der Waals surface area contributed by atoms with Crippen molar-refractivity contribution < 1.29 is 32.5 Å². The van der Waals surface area contributed by atoms with Crippen LogP contribution in [-0.2, 0) is 4.79 Å². The standard InChI is InChI=1S/C22H20F2N2O5S/c1-28-16-9-7-14(11-18(16)30-3)15-12-32-22(25-15)26-19(27)10-8-13-5-4-6-17(29-2)20(13)31-21(23)24/h4-12,21H,1-3H3,(H,25,26,27)/b10-8+. The average molecular weight is 462 g/mol. The number of rotatable bonds is 9. The van der Waals surface area contributed by atoms with Crippen LogP contribution in [0, 0.1) is 0 Å². The van der Waals surface area contributed by atoms with Gasteiger partial charge in [-0.3, -0.25) is 10.1 Å². The highest BCUT2D eigenvalue weighted by molar-refractivity contribution is 7.14. The van der Waals surface area contributed by atoms with Crippen molar-refractivity contribution in [3.05, 3.63) is 53.4 Å². The molecule has 0 unspecified atom stereocenters. The summed E-state index contributed by atoms with van der Waals surface area (Å²) in [6.45, 7) is -3.03. The number of carbonyl (C=O) groups excluding carboxylic acids is 1. The molecule has 0 fully saturated rings. The number of para-hydroxylation sites is 1. The number of anilines is 1. The molecule has 10 heteroatoms. The summed E-state index contributed by atoms with van der Waals surface area (Å²) >= 11 is 1.24. The van der Waals surface area contributed by atoms with Gasteiger partial charge in [0.2, 0.25) is 5.91 Å². The van der Waals surface area contributed by atoms with Crippen molar-refractivity contribution in [2.75, 3.05) is 26.6 Å². The summed E-state index contributed by atoms with van der Waals surface area (Å²) in [5.74, 6) is 0.653. The normalized spacial score (nSPS) is 10.9. The van der Waals surface area contributed by atoms with Crippen LogP contribution in [0.25, 0.3) is 17.3 Å².